The molecule has 0 aliphatic carbocycles. The summed E-state index contributed by atoms with van der Waals surface area (Å²) in [5, 5.41) is 8.79. The molecule has 0 fully saturated rings. The van der Waals surface area contributed by atoms with E-state index in [1.807, 2.05) is 30.3 Å². The topological polar surface area (TPSA) is 20.2 Å². The summed E-state index contributed by atoms with van der Waals surface area (Å²) >= 11 is 0. The molecule has 16 heavy (non-hydrogen) atoms. The van der Waals surface area contributed by atoms with E-state index >= 15 is 0 Å². The summed E-state index contributed by atoms with van der Waals surface area (Å²) in [5.74, 6) is -0.211. The maximum Gasteiger partial charge on any atom is 0.131 e. The minimum Gasteiger partial charge on any atom is -0.396 e. The lowest BCUT2D eigenvalue weighted by Crippen LogP contribution is -1.90. The molecule has 1 N–H and O–H groups in total. The van der Waals surface area contributed by atoms with Crippen molar-refractivity contribution in [1.29, 1.82) is 0 Å². The second-order valence-electron chi connectivity index (χ2n) is 3.65. The van der Waals surface area contributed by atoms with Crippen LogP contribution in [0.1, 0.15) is 5.56 Å². The van der Waals surface area contributed by atoms with Crippen LogP contribution in [-0.2, 0) is 6.42 Å². The number of hydrogen-bond acceptors (Lipinski definition) is 1. The highest BCUT2D eigenvalue weighted by atomic mass is 19.1. The monoisotopic (exact) mass is 216 g/mol. The Bertz CT molecular complexity index is 462. The molecule has 0 heterocycles. The molecule has 0 saturated carbocycles. The van der Waals surface area contributed by atoms with Gasteiger partial charge in [-0.3, -0.25) is 0 Å². The molecule has 2 rings (SSSR count). The first-order chi connectivity index (χ1) is 7.81. The van der Waals surface area contributed by atoms with E-state index in [1.165, 1.54) is 6.07 Å². The van der Waals surface area contributed by atoms with Gasteiger partial charge in [-0.05, 0) is 23.6 Å². The van der Waals surface area contributed by atoms with Gasteiger partial charge in [-0.1, -0.05) is 42.5 Å². The number of aliphatic hydroxyl groups is 1. The van der Waals surface area contributed by atoms with E-state index in [2.05, 4.69) is 0 Å². The third-order valence-corrected chi connectivity index (χ3v) is 2.54. The zero-order chi connectivity index (χ0) is 11.4. The Morgan fingerprint density at radius 3 is 2.25 bits per heavy atom. The van der Waals surface area contributed by atoms with Gasteiger partial charge in [-0.2, -0.15) is 0 Å². The molecule has 0 bridgehead atoms. The summed E-state index contributed by atoms with van der Waals surface area (Å²) in [4.78, 5) is 0. The molecule has 0 aromatic heterocycles. The van der Waals surface area contributed by atoms with Gasteiger partial charge >= 0.3 is 0 Å². The molecule has 1 nitrogen and oxygen atoms in total. The fourth-order valence-corrected chi connectivity index (χ4v) is 1.68. The second kappa shape index (κ2) is 4.90. The largest absolute Gasteiger partial charge is 0.396 e. The molecule has 0 spiro atoms. The van der Waals surface area contributed by atoms with Crippen molar-refractivity contribution in [2.45, 2.75) is 6.42 Å². The molecule has 2 aromatic carbocycles. The molecule has 0 saturated heterocycles. The zero-order valence-electron chi connectivity index (χ0n) is 8.86. The van der Waals surface area contributed by atoms with E-state index in [0.29, 0.717) is 12.0 Å². The quantitative estimate of drug-likeness (QED) is 0.836. The summed E-state index contributed by atoms with van der Waals surface area (Å²) in [6, 6.07) is 14.3. The molecule has 0 radical (unpaired) electrons. The van der Waals surface area contributed by atoms with Crippen LogP contribution in [0.3, 0.4) is 0 Å². The average Bonchev–Trinajstić information content (AvgIpc) is 2.31. The first kappa shape index (κ1) is 10.8. The van der Waals surface area contributed by atoms with Gasteiger partial charge in [0.15, 0.2) is 0 Å². The predicted molar refractivity (Wildman–Crippen MR) is 62.6 cm³/mol. The van der Waals surface area contributed by atoms with E-state index in [9.17, 15) is 4.39 Å². The van der Waals surface area contributed by atoms with Gasteiger partial charge < -0.3 is 5.11 Å². The zero-order valence-corrected chi connectivity index (χ0v) is 8.86. The Kier molecular flexibility index (Phi) is 3.32. The Morgan fingerprint density at radius 2 is 1.62 bits per heavy atom. The number of halogens is 1. The summed E-state index contributed by atoms with van der Waals surface area (Å²) in [6.07, 6.45) is 0.636. The van der Waals surface area contributed by atoms with Crippen molar-refractivity contribution in [2.75, 3.05) is 6.61 Å². The van der Waals surface area contributed by atoms with Crippen LogP contribution in [0.5, 0.6) is 0 Å². The lowest BCUT2D eigenvalue weighted by atomic mass is 10.0. The normalized spacial score (nSPS) is 10.4. The second-order valence-corrected chi connectivity index (χ2v) is 3.65. The van der Waals surface area contributed by atoms with Gasteiger partial charge in [-0.15, -0.1) is 0 Å². The maximum atomic E-state index is 13.5. The summed E-state index contributed by atoms with van der Waals surface area (Å²) in [6.45, 7) is 0.138. The number of hydrogen-bond donors (Lipinski definition) is 1. The van der Waals surface area contributed by atoms with Crippen molar-refractivity contribution in [3.05, 3.63) is 59.9 Å². The van der Waals surface area contributed by atoms with Crippen LogP contribution >= 0.6 is 0 Å². The van der Waals surface area contributed by atoms with Crippen LogP contribution in [0.4, 0.5) is 4.39 Å². The number of aliphatic hydroxyl groups excluding tert-OH is 1. The minimum atomic E-state index is -0.211. The molecule has 0 amide bonds. The van der Waals surface area contributed by atoms with E-state index < -0.39 is 0 Å². The Hall–Kier alpha value is -1.67. The number of rotatable bonds is 3. The highest BCUT2D eigenvalue weighted by Gasteiger charge is 2.03. The predicted octanol–water partition coefficient (Wildman–Crippen LogP) is 3.03. The van der Waals surface area contributed by atoms with Crippen LogP contribution < -0.4 is 0 Å². The van der Waals surface area contributed by atoms with Crippen molar-refractivity contribution >= 4 is 0 Å². The average molecular weight is 216 g/mol. The SMILES string of the molecule is OCCc1ccc(-c2ccccc2F)cc1. The van der Waals surface area contributed by atoms with Crippen LogP contribution in [-0.4, -0.2) is 11.7 Å². The smallest absolute Gasteiger partial charge is 0.131 e. The van der Waals surface area contributed by atoms with Crippen LogP contribution in [0.2, 0.25) is 0 Å². The van der Waals surface area contributed by atoms with E-state index in [-0.39, 0.29) is 12.4 Å². The number of benzene rings is 2. The van der Waals surface area contributed by atoms with Crippen LogP contribution in [0, 0.1) is 5.82 Å². The molecule has 0 aliphatic heterocycles. The van der Waals surface area contributed by atoms with E-state index in [1.54, 1.807) is 12.1 Å². The highest BCUT2D eigenvalue weighted by Crippen LogP contribution is 2.22. The third-order valence-electron chi connectivity index (χ3n) is 2.54. The lowest BCUT2D eigenvalue weighted by Gasteiger charge is -2.04. The maximum absolute atomic E-state index is 13.5. The standard InChI is InChI=1S/C14H13FO/c15-14-4-2-1-3-13(14)12-7-5-11(6-8-12)9-10-16/h1-8,16H,9-10H2. The Labute approximate surface area is 94.2 Å². The first-order valence-corrected chi connectivity index (χ1v) is 5.26. The molecule has 2 aromatic rings. The van der Waals surface area contributed by atoms with Gasteiger partial charge in [0.1, 0.15) is 5.82 Å². The summed E-state index contributed by atoms with van der Waals surface area (Å²) < 4.78 is 13.5. The van der Waals surface area contributed by atoms with Crippen molar-refractivity contribution in [1.82, 2.24) is 0 Å². The summed E-state index contributed by atoms with van der Waals surface area (Å²) in [5.41, 5.74) is 2.53. The van der Waals surface area contributed by atoms with E-state index in [4.69, 9.17) is 5.11 Å². The lowest BCUT2D eigenvalue weighted by molar-refractivity contribution is 0.299. The molecule has 0 atom stereocenters. The molecule has 0 aliphatic rings. The van der Waals surface area contributed by atoms with Crippen molar-refractivity contribution < 1.29 is 9.50 Å². The van der Waals surface area contributed by atoms with Gasteiger partial charge in [-0.25, -0.2) is 4.39 Å². The van der Waals surface area contributed by atoms with Gasteiger partial charge in [0.25, 0.3) is 0 Å². The molecular weight excluding hydrogens is 203 g/mol. The Balaban J connectivity index is 2.31. The molecular formula is C14H13FO. The van der Waals surface area contributed by atoms with Crippen molar-refractivity contribution in [3.63, 3.8) is 0 Å². The Morgan fingerprint density at radius 1 is 0.938 bits per heavy atom. The third kappa shape index (κ3) is 2.28. The van der Waals surface area contributed by atoms with Crippen molar-refractivity contribution in [2.24, 2.45) is 0 Å². The fraction of sp³-hybridized carbons (Fsp3) is 0.143. The summed E-state index contributed by atoms with van der Waals surface area (Å²) in [7, 11) is 0. The van der Waals surface area contributed by atoms with E-state index in [0.717, 1.165) is 11.1 Å². The molecule has 0 unspecified atom stereocenters. The molecule has 82 valence electrons. The highest BCUT2D eigenvalue weighted by molar-refractivity contribution is 5.64. The van der Waals surface area contributed by atoms with Gasteiger partial charge in [0, 0.05) is 12.2 Å². The molecule has 2 heteroatoms. The minimum absolute atomic E-state index is 0.138. The first-order valence-electron chi connectivity index (χ1n) is 5.26. The van der Waals surface area contributed by atoms with Gasteiger partial charge in [0.05, 0.1) is 0 Å². The van der Waals surface area contributed by atoms with Crippen LogP contribution in [0.15, 0.2) is 48.5 Å². The van der Waals surface area contributed by atoms with Crippen molar-refractivity contribution in [3.8, 4) is 11.1 Å². The fourth-order valence-electron chi connectivity index (χ4n) is 1.68. The van der Waals surface area contributed by atoms with Crippen LogP contribution in [0.25, 0.3) is 11.1 Å². The van der Waals surface area contributed by atoms with Gasteiger partial charge in [0.2, 0.25) is 0 Å².